The van der Waals surface area contributed by atoms with Crippen molar-refractivity contribution in [2.75, 3.05) is 13.7 Å². The maximum atomic E-state index is 5.73. The molecule has 1 unspecified atom stereocenters. The highest BCUT2D eigenvalue weighted by Gasteiger charge is 2.27. The minimum absolute atomic E-state index is 0.423. The Hall–Kier alpha value is -1.39. The summed E-state index contributed by atoms with van der Waals surface area (Å²) in [6, 6.07) is 5.87. The van der Waals surface area contributed by atoms with E-state index in [1.54, 1.807) is 7.11 Å². The van der Waals surface area contributed by atoms with Crippen LogP contribution in [0.4, 0.5) is 0 Å². The summed E-state index contributed by atoms with van der Waals surface area (Å²) in [6.45, 7) is 2.38. The fourth-order valence-corrected chi connectivity index (χ4v) is 1.62. The van der Waals surface area contributed by atoms with Crippen molar-refractivity contribution in [1.82, 2.24) is 9.38 Å². The lowest BCUT2D eigenvalue weighted by atomic mass is 10.0. The molecule has 2 N–H and O–H groups in total. The number of ether oxygens (including phenoxy) is 1. The molecule has 0 saturated carbocycles. The van der Waals surface area contributed by atoms with E-state index in [0.717, 1.165) is 11.3 Å². The first kappa shape index (κ1) is 10.1. The minimum Gasteiger partial charge on any atom is -0.371 e. The standard InChI is InChI=1S/C11H15N3O/c1-11(8-12,15-2)9-7-13-10-5-3-4-6-14(9)10/h3-7H,8,12H2,1-2H3. The molecule has 0 bridgehead atoms. The van der Waals surface area contributed by atoms with E-state index in [1.807, 2.05) is 41.9 Å². The number of nitrogens with two attached hydrogens (primary N) is 1. The Balaban J connectivity index is 2.61. The van der Waals surface area contributed by atoms with Crippen LogP contribution in [0.15, 0.2) is 30.6 Å². The molecule has 0 radical (unpaired) electrons. The van der Waals surface area contributed by atoms with Crippen molar-refractivity contribution >= 4 is 5.65 Å². The zero-order chi connectivity index (χ0) is 10.9. The van der Waals surface area contributed by atoms with Gasteiger partial charge in [-0.3, -0.25) is 0 Å². The van der Waals surface area contributed by atoms with E-state index in [2.05, 4.69) is 4.98 Å². The predicted octanol–water partition coefficient (Wildman–Crippen LogP) is 1.15. The Morgan fingerprint density at radius 2 is 2.33 bits per heavy atom. The minimum atomic E-state index is -0.485. The number of hydrogen-bond acceptors (Lipinski definition) is 3. The van der Waals surface area contributed by atoms with Gasteiger partial charge in [0.05, 0.1) is 11.9 Å². The second-order valence-corrected chi connectivity index (χ2v) is 3.71. The molecule has 0 saturated heterocycles. The normalized spacial score (nSPS) is 15.4. The van der Waals surface area contributed by atoms with Crippen LogP contribution in [0.3, 0.4) is 0 Å². The number of hydrogen-bond donors (Lipinski definition) is 1. The Morgan fingerprint density at radius 3 is 3.00 bits per heavy atom. The third-order valence-electron chi connectivity index (χ3n) is 2.80. The molecule has 4 heteroatoms. The second kappa shape index (κ2) is 3.64. The number of fused-ring (bicyclic) bond motifs is 1. The average molecular weight is 205 g/mol. The fourth-order valence-electron chi connectivity index (χ4n) is 1.62. The van der Waals surface area contributed by atoms with Crippen molar-refractivity contribution in [2.45, 2.75) is 12.5 Å². The molecule has 1 atom stereocenters. The molecule has 4 nitrogen and oxygen atoms in total. The second-order valence-electron chi connectivity index (χ2n) is 3.71. The van der Waals surface area contributed by atoms with Crippen molar-refractivity contribution in [3.05, 3.63) is 36.3 Å². The summed E-state index contributed by atoms with van der Waals surface area (Å²) < 4.78 is 7.45. The van der Waals surface area contributed by atoms with Crippen LogP contribution in [-0.4, -0.2) is 23.0 Å². The van der Waals surface area contributed by atoms with Crippen LogP contribution >= 0.6 is 0 Å². The van der Waals surface area contributed by atoms with E-state index >= 15 is 0 Å². The lowest BCUT2D eigenvalue weighted by Gasteiger charge is -2.25. The molecular formula is C11H15N3O. The quantitative estimate of drug-likeness (QED) is 0.818. The molecule has 0 spiro atoms. The molecule has 0 aromatic carbocycles. The van der Waals surface area contributed by atoms with Gasteiger partial charge in [-0.15, -0.1) is 0 Å². The van der Waals surface area contributed by atoms with Crippen LogP contribution in [0.1, 0.15) is 12.6 Å². The van der Waals surface area contributed by atoms with Crippen LogP contribution in [0.2, 0.25) is 0 Å². The largest absolute Gasteiger partial charge is 0.371 e. The van der Waals surface area contributed by atoms with Gasteiger partial charge in [-0.05, 0) is 19.1 Å². The van der Waals surface area contributed by atoms with Crippen molar-refractivity contribution in [2.24, 2.45) is 5.73 Å². The molecule has 0 aliphatic rings. The average Bonchev–Trinajstić information content (AvgIpc) is 2.72. The summed E-state index contributed by atoms with van der Waals surface area (Å²) in [5.41, 5.74) is 7.13. The molecule has 80 valence electrons. The summed E-state index contributed by atoms with van der Waals surface area (Å²) in [4.78, 5) is 4.31. The van der Waals surface area contributed by atoms with Crippen molar-refractivity contribution in [3.8, 4) is 0 Å². The van der Waals surface area contributed by atoms with Crippen LogP contribution < -0.4 is 5.73 Å². The monoisotopic (exact) mass is 205 g/mol. The van der Waals surface area contributed by atoms with Gasteiger partial charge in [0.2, 0.25) is 0 Å². The summed E-state index contributed by atoms with van der Waals surface area (Å²) in [5.74, 6) is 0. The third-order valence-corrected chi connectivity index (χ3v) is 2.80. The highest BCUT2D eigenvalue weighted by molar-refractivity contribution is 5.41. The van der Waals surface area contributed by atoms with Crippen LogP contribution in [0.5, 0.6) is 0 Å². The number of methoxy groups -OCH3 is 1. The van der Waals surface area contributed by atoms with Gasteiger partial charge >= 0.3 is 0 Å². The molecular weight excluding hydrogens is 190 g/mol. The van der Waals surface area contributed by atoms with E-state index < -0.39 is 5.60 Å². The Morgan fingerprint density at radius 1 is 1.53 bits per heavy atom. The molecule has 0 fully saturated rings. The fraction of sp³-hybridized carbons (Fsp3) is 0.364. The predicted molar refractivity (Wildman–Crippen MR) is 58.6 cm³/mol. The van der Waals surface area contributed by atoms with Crippen LogP contribution in [-0.2, 0) is 10.3 Å². The van der Waals surface area contributed by atoms with E-state index in [4.69, 9.17) is 10.5 Å². The molecule has 2 aromatic rings. The van der Waals surface area contributed by atoms with Gasteiger partial charge in [0.1, 0.15) is 11.2 Å². The maximum absolute atomic E-state index is 5.73. The summed E-state index contributed by atoms with van der Waals surface area (Å²) in [6.07, 6.45) is 3.77. The van der Waals surface area contributed by atoms with Gasteiger partial charge in [0.15, 0.2) is 0 Å². The van der Waals surface area contributed by atoms with E-state index in [-0.39, 0.29) is 0 Å². The van der Waals surface area contributed by atoms with Gasteiger partial charge in [-0.1, -0.05) is 6.07 Å². The number of nitrogens with zero attached hydrogens (tertiary/aromatic N) is 2. The Kier molecular flexibility index (Phi) is 2.46. The number of rotatable bonds is 3. The van der Waals surface area contributed by atoms with Crippen LogP contribution in [0.25, 0.3) is 5.65 Å². The number of pyridine rings is 1. The number of aromatic nitrogens is 2. The van der Waals surface area contributed by atoms with E-state index in [9.17, 15) is 0 Å². The molecule has 2 aromatic heterocycles. The summed E-state index contributed by atoms with van der Waals surface area (Å²) >= 11 is 0. The lowest BCUT2D eigenvalue weighted by Crippen LogP contribution is -2.34. The molecule has 0 amide bonds. The molecule has 0 aliphatic carbocycles. The first-order chi connectivity index (χ1) is 7.21. The van der Waals surface area contributed by atoms with Gasteiger partial charge < -0.3 is 14.9 Å². The Bertz CT molecular complexity index is 460. The lowest BCUT2D eigenvalue weighted by molar-refractivity contribution is 0.00573. The molecule has 2 heterocycles. The first-order valence-corrected chi connectivity index (χ1v) is 4.89. The smallest absolute Gasteiger partial charge is 0.136 e. The Labute approximate surface area is 88.7 Å². The summed E-state index contributed by atoms with van der Waals surface area (Å²) in [5, 5.41) is 0. The number of imidazole rings is 1. The van der Waals surface area contributed by atoms with E-state index in [0.29, 0.717) is 6.54 Å². The van der Waals surface area contributed by atoms with Gasteiger partial charge in [-0.25, -0.2) is 4.98 Å². The zero-order valence-corrected chi connectivity index (χ0v) is 8.97. The van der Waals surface area contributed by atoms with Crippen molar-refractivity contribution in [1.29, 1.82) is 0 Å². The van der Waals surface area contributed by atoms with E-state index in [1.165, 1.54) is 0 Å². The van der Waals surface area contributed by atoms with Crippen molar-refractivity contribution < 1.29 is 4.74 Å². The maximum Gasteiger partial charge on any atom is 0.136 e. The highest BCUT2D eigenvalue weighted by atomic mass is 16.5. The highest BCUT2D eigenvalue weighted by Crippen LogP contribution is 2.23. The SMILES string of the molecule is COC(C)(CN)c1cnc2ccccn12. The third kappa shape index (κ3) is 1.52. The van der Waals surface area contributed by atoms with Gasteiger partial charge in [0, 0.05) is 19.9 Å². The zero-order valence-electron chi connectivity index (χ0n) is 8.97. The topological polar surface area (TPSA) is 52.5 Å². The first-order valence-electron chi connectivity index (χ1n) is 4.89. The van der Waals surface area contributed by atoms with Gasteiger partial charge in [0.25, 0.3) is 0 Å². The van der Waals surface area contributed by atoms with Gasteiger partial charge in [-0.2, -0.15) is 0 Å². The van der Waals surface area contributed by atoms with Crippen molar-refractivity contribution in [3.63, 3.8) is 0 Å². The summed E-state index contributed by atoms with van der Waals surface area (Å²) in [7, 11) is 1.66. The molecule has 2 rings (SSSR count). The molecule has 15 heavy (non-hydrogen) atoms. The molecule has 0 aliphatic heterocycles. The van der Waals surface area contributed by atoms with Crippen LogP contribution in [0, 0.1) is 0 Å².